The highest BCUT2D eigenvalue weighted by atomic mass is 19.4. The van der Waals surface area contributed by atoms with E-state index in [4.69, 9.17) is 4.74 Å². The predicted octanol–water partition coefficient (Wildman–Crippen LogP) is 4.37. The molecule has 1 aromatic heterocycles. The Balaban J connectivity index is 1.50. The van der Waals surface area contributed by atoms with Crippen molar-refractivity contribution in [3.63, 3.8) is 0 Å². The molecule has 0 spiro atoms. The number of methoxy groups -OCH3 is 1. The highest BCUT2D eigenvalue weighted by Gasteiger charge is 2.31. The maximum atomic E-state index is 12.7. The Kier molecular flexibility index (Phi) is 5.15. The quantitative estimate of drug-likeness (QED) is 0.640. The zero-order chi connectivity index (χ0) is 21.3. The first kappa shape index (κ1) is 19.9. The lowest BCUT2D eigenvalue weighted by Gasteiger charge is -2.28. The van der Waals surface area contributed by atoms with Crippen LogP contribution < -0.4 is 4.74 Å². The van der Waals surface area contributed by atoms with E-state index in [1.807, 2.05) is 24.3 Å². The molecule has 2 aromatic carbocycles. The molecule has 1 aliphatic rings. The number of ether oxygens (including phenoxy) is 1. The highest BCUT2D eigenvalue weighted by Crippen LogP contribution is 2.29. The number of aromatic nitrogens is 2. The number of alkyl halides is 3. The average molecular weight is 413 g/mol. The van der Waals surface area contributed by atoms with Crippen LogP contribution in [0.25, 0.3) is 11.4 Å². The summed E-state index contributed by atoms with van der Waals surface area (Å²) in [6.45, 7) is 0.754. The Morgan fingerprint density at radius 2 is 1.77 bits per heavy atom. The maximum absolute atomic E-state index is 12.7. The molecular formula is C22H18F3N3O2. The van der Waals surface area contributed by atoms with Gasteiger partial charge in [0.1, 0.15) is 5.75 Å². The molecule has 3 aromatic rings. The number of hydrogen-bond acceptors (Lipinski definition) is 4. The molecule has 0 unspecified atom stereocenters. The van der Waals surface area contributed by atoms with E-state index in [1.165, 1.54) is 12.1 Å². The third-order valence-electron chi connectivity index (χ3n) is 5.03. The Labute approximate surface area is 171 Å². The summed E-state index contributed by atoms with van der Waals surface area (Å²) in [5.74, 6) is 1.03. The van der Waals surface area contributed by atoms with Crippen LogP contribution in [0.5, 0.6) is 5.75 Å². The second-order valence-electron chi connectivity index (χ2n) is 6.95. The first-order valence-corrected chi connectivity index (χ1v) is 9.31. The van der Waals surface area contributed by atoms with Crippen molar-refractivity contribution in [2.75, 3.05) is 13.7 Å². The van der Waals surface area contributed by atoms with E-state index >= 15 is 0 Å². The van der Waals surface area contributed by atoms with Gasteiger partial charge in [-0.1, -0.05) is 0 Å². The van der Waals surface area contributed by atoms with Gasteiger partial charge in [-0.25, -0.2) is 9.97 Å². The number of carbonyl (C=O) groups is 1. The minimum atomic E-state index is -4.43. The van der Waals surface area contributed by atoms with Crippen molar-refractivity contribution in [2.24, 2.45) is 0 Å². The minimum Gasteiger partial charge on any atom is -0.497 e. The fourth-order valence-electron chi connectivity index (χ4n) is 3.35. The average Bonchev–Trinajstić information content (AvgIpc) is 2.77. The SMILES string of the molecule is COc1ccc(-c2ncc3c(n2)CCN(C(=O)c2ccc(C(F)(F)F)cc2)C3)cc1. The molecule has 0 radical (unpaired) electrons. The summed E-state index contributed by atoms with van der Waals surface area (Å²) in [5, 5.41) is 0. The smallest absolute Gasteiger partial charge is 0.416 e. The van der Waals surface area contributed by atoms with E-state index < -0.39 is 11.7 Å². The van der Waals surface area contributed by atoms with E-state index in [9.17, 15) is 18.0 Å². The van der Waals surface area contributed by atoms with Crippen LogP contribution in [0.1, 0.15) is 27.2 Å². The lowest BCUT2D eigenvalue weighted by atomic mass is 10.0. The van der Waals surface area contributed by atoms with Crippen molar-refractivity contribution in [3.8, 4) is 17.1 Å². The van der Waals surface area contributed by atoms with Gasteiger partial charge in [0.2, 0.25) is 0 Å². The van der Waals surface area contributed by atoms with Crippen LogP contribution in [0, 0.1) is 0 Å². The summed E-state index contributed by atoms with van der Waals surface area (Å²) in [5.41, 5.74) is 2.01. The number of rotatable bonds is 3. The molecule has 30 heavy (non-hydrogen) atoms. The van der Waals surface area contributed by atoms with Crippen LogP contribution >= 0.6 is 0 Å². The van der Waals surface area contributed by atoms with Crippen LogP contribution in [0.3, 0.4) is 0 Å². The van der Waals surface area contributed by atoms with Crippen molar-refractivity contribution in [2.45, 2.75) is 19.1 Å². The molecular weight excluding hydrogens is 395 g/mol. The predicted molar refractivity (Wildman–Crippen MR) is 104 cm³/mol. The third-order valence-corrected chi connectivity index (χ3v) is 5.03. The van der Waals surface area contributed by atoms with Gasteiger partial charge in [-0.3, -0.25) is 4.79 Å². The van der Waals surface area contributed by atoms with Gasteiger partial charge in [-0.15, -0.1) is 0 Å². The Morgan fingerprint density at radius 3 is 2.40 bits per heavy atom. The second-order valence-corrected chi connectivity index (χ2v) is 6.95. The standard InChI is InChI=1S/C22H18F3N3O2/c1-30-18-8-4-14(5-9-18)20-26-12-16-13-28(11-10-19(16)27-20)21(29)15-2-6-17(7-3-15)22(23,24)25/h2-9,12H,10-11,13H2,1H3. The van der Waals surface area contributed by atoms with Crippen LogP contribution in [-0.2, 0) is 19.1 Å². The first-order chi connectivity index (χ1) is 14.3. The zero-order valence-electron chi connectivity index (χ0n) is 16.1. The van der Waals surface area contributed by atoms with Crippen molar-refractivity contribution in [1.82, 2.24) is 14.9 Å². The van der Waals surface area contributed by atoms with Gasteiger partial charge in [-0.2, -0.15) is 13.2 Å². The number of benzene rings is 2. The molecule has 1 aliphatic heterocycles. The van der Waals surface area contributed by atoms with Gasteiger partial charge in [0.25, 0.3) is 5.91 Å². The zero-order valence-corrected chi connectivity index (χ0v) is 16.1. The molecule has 5 nitrogen and oxygen atoms in total. The normalized spacial score (nSPS) is 13.7. The minimum absolute atomic E-state index is 0.224. The van der Waals surface area contributed by atoms with Crippen LogP contribution in [0.2, 0.25) is 0 Å². The summed E-state index contributed by atoms with van der Waals surface area (Å²) in [6.07, 6.45) is -2.17. The Bertz CT molecular complexity index is 1060. The van der Waals surface area contributed by atoms with E-state index in [-0.39, 0.29) is 11.5 Å². The monoisotopic (exact) mass is 413 g/mol. The summed E-state index contributed by atoms with van der Waals surface area (Å²) < 4.78 is 43.3. The van der Waals surface area contributed by atoms with E-state index in [0.717, 1.165) is 34.7 Å². The maximum Gasteiger partial charge on any atom is 0.416 e. The molecule has 0 bridgehead atoms. The van der Waals surface area contributed by atoms with Gasteiger partial charge < -0.3 is 9.64 Å². The van der Waals surface area contributed by atoms with Gasteiger partial charge in [0.15, 0.2) is 5.82 Å². The molecule has 0 saturated heterocycles. The molecule has 0 fully saturated rings. The van der Waals surface area contributed by atoms with Gasteiger partial charge in [0, 0.05) is 42.4 Å². The number of halogens is 3. The van der Waals surface area contributed by atoms with Crippen molar-refractivity contribution in [3.05, 3.63) is 77.1 Å². The van der Waals surface area contributed by atoms with E-state index in [2.05, 4.69) is 9.97 Å². The van der Waals surface area contributed by atoms with Crippen molar-refractivity contribution < 1.29 is 22.7 Å². The molecule has 2 heterocycles. The van der Waals surface area contributed by atoms with Crippen LogP contribution in [-0.4, -0.2) is 34.4 Å². The molecule has 0 saturated carbocycles. The molecule has 0 N–H and O–H groups in total. The molecule has 0 atom stereocenters. The molecule has 1 amide bonds. The summed E-state index contributed by atoms with van der Waals surface area (Å²) in [6, 6.07) is 11.7. The van der Waals surface area contributed by atoms with Crippen LogP contribution in [0.4, 0.5) is 13.2 Å². The summed E-state index contributed by atoms with van der Waals surface area (Å²) >= 11 is 0. The number of nitrogens with zero attached hydrogens (tertiary/aromatic N) is 3. The fraction of sp³-hybridized carbons (Fsp3) is 0.227. The highest BCUT2D eigenvalue weighted by molar-refractivity contribution is 5.94. The first-order valence-electron chi connectivity index (χ1n) is 9.31. The molecule has 4 rings (SSSR count). The topological polar surface area (TPSA) is 55.3 Å². The van der Waals surface area contributed by atoms with E-state index in [1.54, 1.807) is 18.2 Å². The number of amides is 1. The van der Waals surface area contributed by atoms with E-state index in [0.29, 0.717) is 25.3 Å². The largest absolute Gasteiger partial charge is 0.497 e. The van der Waals surface area contributed by atoms with Crippen molar-refractivity contribution >= 4 is 5.91 Å². The summed E-state index contributed by atoms with van der Waals surface area (Å²) in [7, 11) is 1.60. The number of carbonyl (C=O) groups excluding carboxylic acids is 1. The van der Waals surface area contributed by atoms with Gasteiger partial charge in [0.05, 0.1) is 18.4 Å². The number of hydrogen-bond donors (Lipinski definition) is 0. The Morgan fingerprint density at radius 1 is 1.07 bits per heavy atom. The van der Waals surface area contributed by atoms with Crippen molar-refractivity contribution in [1.29, 1.82) is 0 Å². The molecule has 154 valence electrons. The third kappa shape index (κ3) is 3.98. The second kappa shape index (κ2) is 7.78. The fourth-order valence-corrected chi connectivity index (χ4v) is 3.35. The lowest BCUT2D eigenvalue weighted by molar-refractivity contribution is -0.137. The molecule has 0 aliphatic carbocycles. The van der Waals surface area contributed by atoms with Gasteiger partial charge in [-0.05, 0) is 48.5 Å². The Hall–Kier alpha value is -3.42. The lowest BCUT2D eigenvalue weighted by Crippen LogP contribution is -2.36. The van der Waals surface area contributed by atoms with Crippen LogP contribution in [0.15, 0.2) is 54.7 Å². The summed E-state index contributed by atoms with van der Waals surface area (Å²) in [4.78, 5) is 23.3. The van der Waals surface area contributed by atoms with Gasteiger partial charge >= 0.3 is 6.18 Å². The number of fused-ring (bicyclic) bond motifs is 1. The molecule has 8 heteroatoms.